The molecule has 0 radical (unpaired) electrons. The maximum absolute atomic E-state index is 11.2. The highest BCUT2D eigenvalue weighted by Crippen LogP contribution is 2.16. The number of amides is 1. The van der Waals surface area contributed by atoms with E-state index in [0.717, 1.165) is 31.2 Å². The highest BCUT2D eigenvalue weighted by atomic mass is 127. The molecular weight excluding hydrogens is 403 g/mol. The number of aliphatic imine (C=N–C) groups is 1. The number of carbonyl (C=O) groups excluding carboxylic acids is 1. The fourth-order valence-electron chi connectivity index (χ4n) is 2.80. The normalized spacial score (nSPS) is 18.3. The van der Waals surface area contributed by atoms with Crippen LogP contribution in [0.3, 0.4) is 0 Å². The van der Waals surface area contributed by atoms with Gasteiger partial charge in [0.15, 0.2) is 5.96 Å². The van der Waals surface area contributed by atoms with E-state index in [9.17, 15) is 4.79 Å². The summed E-state index contributed by atoms with van der Waals surface area (Å²) in [5, 5.41) is 3.36. The van der Waals surface area contributed by atoms with Gasteiger partial charge in [0.2, 0.25) is 5.91 Å². The number of hydrogen-bond acceptors (Lipinski definition) is 2. The third-order valence-corrected chi connectivity index (χ3v) is 3.91. The van der Waals surface area contributed by atoms with E-state index in [1.165, 1.54) is 12.8 Å². The minimum Gasteiger partial charge on any atom is -0.366 e. The molecule has 0 saturated carbocycles. The second kappa shape index (κ2) is 9.75. The van der Waals surface area contributed by atoms with Crippen molar-refractivity contribution in [1.82, 2.24) is 10.2 Å². The monoisotopic (exact) mass is 430 g/mol. The maximum atomic E-state index is 11.2. The number of nitrogens with zero attached hydrogens (tertiary/aromatic N) is 2. The highest BCUT2D eigenvalue weighted by molar-refractivity contribution is 14.0. The fourth-order valence-corrected chi connectivity index (χ4v) is 2.80. The lowest BCUT2D eigenvalue weighted by Gasteiger charge is -2.33. The molecule has 1 atom stereocenters. The van der Waals surface area contributed by atoms with Crippen LogP contribution in [0.5, 0.6) is 0 Å². The van der Waals surface area contributed by atoms with Crippen LogP contribution >= 0.6 is 24.0 Å². The van der Waals surface area contributed by atoms with E-state index >= 15 is 0 Å². The molecule has 1 aliphatic rings. The summed E-state index contributed by atoms with van der Waals surface area (Å²) in [4.78, 5) is 18.3. The summed E-state index contributed by atoms with van der Waals surface area (Å²) < 4.78 is 0. The summed E-state index contributed by atoms with van der Waals surface area (Å²) in [5.41, 5.74) is 6.85. The third-order valence-electron chi connectivity index (χ3n) is 3.91. The fraction of sp³-hybridized carbons (Fsp3) is 0.529. The van der Waals surface area contributed by atoms with Crippen LogP contribution in [0.2, 0.25) is 0 Å². The molecule has 5 nitrogen and oxygen atoms in total. The van der Waals surface area contributed by atoms with Gasteiger partial charge in [0.05, 0.1) is 6.54 Å². The Bertz CT molecular complexity index is 547. The molecule has 2 rings (SSSR count). The van der Waals surface area contributed by atoms with E-state index < -0.39 is 5.91 Å². The Morgan fingerprint density at radius 3 is 2.91 bits per heavy atom. The first-order valence-corrected chi connectivity index (χ1v) is 8.02. The maximum Gasteiger partial charge on any atom is 0.248 e. The van der Waals surface area contributed by atoms with Crippen LogP contribution in [0.4, 0.5) is 0 Å². The van der Waals surface area contributed by atoms with Gasteiger partial charge in [0.1, 0.15) is 0 Å². The number of halogens is 1. The van der Waals surface area contributed by atoms with Crippen molar-refractivity contribution in [2.24, 2.45) is 16.6 Å². The number of carbonyl (C=O) groups is 1. The topological polar surface area (TPSA) is 70.7 Å². The summed E-state index contributed by atoms with van der Waals surface area (Å²) in [7, 11) is 0. The van der Waals surface area contributed by atoms with Crippen molar-refractivity contribution in [3.8, 4) is 0 Å². The Balaban J connectivity index is 0.00000264. The van der Waals surface area contributed by atoms with Crippen molar-refractivity contribution in [3.05, 3.63) is 35.4 Å². The third kappa shape index (κ3) is 6.01. The van der Waals surface area contributed by atoms with Gasteiger partial charge in [-0.1, -0.05) is 19.1 Å². The highest BCUT2D eigenvalue weighted by Gasteiger charge is 2.19. The molecule has 1 aromatic carbocycles. The van der Waals surface area contributed by atoms with Crippen molar-refractivity contribution >= 4 is 35.8 Å². The minimum absolute atomic E-state index is 0. The van der Waals surface area contributed by atoms with Crippen LogP contribution in [0.25, 0.3) is 0 Å². The number of nitrogens with one attached hydrogen (secondary N) is 1. The van der Waals surface area contributed by atoms with Crippen molar-refractivity contribution in [2.75, 3.05) is 19.6 Å². The predicted octanol–water partition coefficient (Wildman–Crippen LogP) is 2.60. The molecule has 3 N–H and O–H groups in total. The second-order valence-electron chi connectivity index (χ2n) is 5.93. The van der Waals surface area contributed by atoms with Gasteiger partial charge in [-0.05, 0) is 43.4 Å². The molecule has 23 heavy (non-hydrogen) atoms. The smallest absolute Gasteiger partial charge is 0.248 e. The van der Waals surface area contributed by atoms with E-state index in [-0.39, 0.29) is 24.0 Å². The van der Waals surface area contributed by atoms with Crippen LogP contribution in [0, 0.1) is 5.92 Å². The Labute approximate surface area is 155 Å². The molecule has 1 aromatic rings. The molecule has 1 heterocycles. The zero-order chi connectivity index (χ0) is 15.9. The van der Waals surface area contributed by atoms with Crippen molar-refractivity contribution < 1.29 is 4.79 Å². The molecule has 1 saturated heterocycles. The molecule has 6 heteroatoms. The van der Waals surface area contributed by atoms with Crippen molar-refractivity contribution in [1.29, 1.82) is 0 Å². The van der Waals surface area contributed by atoms with Gasteiger partial charge >= 0.3 is 0 Å². The number of rotatable bonds is 4. The van der Waals surface area contributed by atoms with Crippen LogP contribution in [-0.4, -0.2) is 36.4 Å². The Kier molecular flexibility index (Phi) is 8.36. The van der Waals surface area contributed by atoms with E-state index in [2.05, 4.69) is 24.1 Å². The molecular formula is C17H27IN4O. The molecule has 1 unspecified atom stereocenters. The van der Waals surface area contributed by atoms with Crippen LogP contribution in [0.15, 0.2) is 29.3 Å². The lowest BCUT2D eigenvalue weighted by Crippen LogP contribution is -2.46. The van der Waals surface area contributed by atoms with Gasteiger partial charge in [0, 0.05) is 25.2 Å². The van der Waals surface area contributed by atoms with Gasteiger partial charge in [-0.2, -0.15) is 0 Å². The van der Waals surface area contributed by atoms with Crippen LogP contribution < -0.4 is 11.1 Å². The zero-order valence-electron chi connectivity index (χ0n) is 13.9. The van der Waals surface area contributed by atoms with Gasteiger partial charge in [-0.15, -0.1) is 24.0 Å². The minimum atomic E-state index is -0.400. The number of piperidine rings is 1. The number of benzene rings is 1. The van der Waals surface area contributed by atoms with Crippen LogP contribution in [-0.2, 0) is 6.54 Å². The quantitative estimate of drug-likeness (QED) is 0.438. The molecule has 1 aliphatic heterocycles. The summed E-state index contributed by atoms with van der Waals surface area (Å²) in [6, 6.07) is 7.36. The predicted molar refractivity (Wildman–Crippen MR) is 105 cm³/mol. The van der Waals surface area contributed by atoms with Gasteiger partial charge in [-0.3, -0.25) is 4.79 Å². The molecule has 0 spiro atoms. The largest absolute Gasteiger partial charge is 0.366 e. The Morgan fingerprint density at radius 2 is 2.26 bits per heavy atom. The SMILES string of the molecule is CCNC(=NCc1cccc(C(N)=O)c1)N1CCCC(C)C1.I. The molecule has 128 valence electrons. The average molecular weight is 430 g/mol. The molecule has 0 bridgehead atoms. The summed E-state index contributed by atoms with van der Waals surface area (Å²) in [6.07, 6.45) is 2.50. The number of primary amides is 1. The van der Waals surface area contributed by atoms with E-state index in [0.29, 0.717) is 18.0 Å². The van der Waals surface area contributed by atoms with E-state index in [4.69, 9.17) is 10.7 Å². The summed E-state index contributed by atoms with van der Waals surface area (Å²) in [6.45, 7) is 7.87. The molecule has 1 fully saturated rings. The number of hydrogen-bond donors (Lipinski definition) is 2. The van der Waals surface area contributed by atoms with Crippen molar-refractivity contribution in [3.63, 3.8) is 0 Å². The molecule has 0 aliphatic carbocycles. The van der Waals surface area contributed by atoms with Gasteiger partial charge in [-0.25, -0.2) is 4.99 Å². The summed E-state index contributed by atoms with van der Waals surface area (Å²) in [5.74, 6) is 1.26. The molecule has 1 amide bonds. The van der Waals surface area contributed by atoms with Gasteiger partial charge in [0.25, 0.3) is 0 Å². The van der Waals surface area contributed by atoms with Crippen molar-refractivity contribution in [2.45, 2.75) is 33.2 Å². The Morgan fingerprint density at radius 1 is 1.48 bits per heavy atom. The lowest BCUT2D eigenvalue weighted by atomic mass is 10.0. The first kappa shape index (κ1) is 19.7. The standard InChI is InChI=1S/C17H26N4O.HI/c1-3-19-17(21-9-5-6-13(2)12-21)20-11-14-7-4-8-15(10-14)16(18)22;/h4,7-8,10,13H,3,5-6,9,11-12H2,1-2H3,(H2,18,22)(H,19,20);1H. The zero-order valence-corrected chi connectivity index (χ0v) is 16.2. The number of likely N-dealkylation sites (tertiary alicyclic amines) is 1. The van der Waals surface area contributed by atoms with E-state index in [1.54, 1.807) is 6.07 Å². The lowest BCUT2D eigenvalue weighted by molar-refractivity contribution is 0.1000. The van der Waals surface area contributed by atoms with Gasteiger partial charge < -0.3 is 16.0 Å². The first-order chi connectivity index (χ1) is 10.6. The van der Waals surface area contributed by atoms with Crippen LogP contribution in [0.1, 0.15) is 42.6 Å². The summed E-state index contributed by atoms with van der Waals surface area (Å²) >= 11 is 0. The second-order valence-corrected chi connectivity index (χ2v) is 5.93. The number of guanidine groups is 1. The molecule has 0 aromatic heterocycles. The average Bonchev–Trinajstić information content (AvgIpc) is 2.51. The van der Waals surface area contributed by atoms with E-state index in [1.807, 2.05) is 18.2 Å². The Hall–Kier alpha value is -1.31. The number of nitrogens with two attached hydrogens (primary N) is 1. The first-order valence-electron chi connectivity index (χ1n) is 8.02.